The van der Waals surface area contributed by atoms with Crippen LogP contribution in [0, 0.1) is 13.8 Å². The van der Waals surface area contributed by atoms with E-state index < -0.39 is 5.91 Å². The summed E-state index contributed by atoms with van der Waals surface area (Å²) in [6, 6.07) is 12.9. The molecule has 0 saturated heterocycles. The predicted octanol–water partition coefficient (Wildman–Crippen LogP) is 3.92. The molecule has 2 aromatic carbocycles. The lowest BCUT2D eigenvalue weighted by atomic mass is 10.1. The third-order valence-electron chi connectivity index (χ3n) is 3.68. The number of nitrogens with one attached hydrogen (secondary N) is 1. The van der Waals surface area contributed by atoms with Gasteiger partial charge in [-0.1, -0.05) is 29.8 Å². The van der Waals surface area contributed by atoms with Gasteiger partial charge in [0.05, 0.1) is 12.7 Å². The van der Waals surface area contributed by atoms with Gasteiger partial charge in [0.1, 0.15) is 5.75 Å². The lowest BCUT2D eigenvalue weighted by Crippen LogP contribution is -2.19. The number of carbonyl (C=O) groups excluding carboxylic acids is 2. The first-order valence-electron chi connectivity index (χ1n) is 7.66. The molecule has 0 unspecified atom stereocenters. The van der Waals surface area contributed by atoms with E-state index in [2.05, 4.69) is 5.32 Å². The van der Waals surface area contributed by atoms with Gasteiger partial charge in [0, 0.05) is 5.69 Å². The van der Waals surface area contributed by atoms with Crippen LogP contribution in [0.25, 0.3) is 6.08 Å². The van der Waals surface area contributed by atoms with Gasteiger partial charge in [0.25, 0.3) is 5.91 Å². The second kappa shape index (κ2) is 7.59. The molecular formula is C20H21NO3. The third-order valence-corrected chi connectivity index (χ3v) is 3.68. The summed E-state index contributed by atoms with van der Waals surface area (Å²) in [5, 5.41) is 2.81. The first kappa shape index (κ1) is 17.5. The fraction of sp³-hybridized carbons (Fsp3) is 0.200. The van der Waals surface area contributed by atoms with Crippen LogP contribution in [0.5, 0.6) is 5.75 Å². The highest BCUT2D eigenvalue weighted by Gasteiger charge is 2.15. The minimum absolute atomic E-state index is 0.111. The summed E-state index contributed by atoms with van der Waals surface area (Å²) in [5.74, 6) is 0.0228. The number of benzene rings is 2. The van der Waals surface area contributed by atoms with Crippen molar-refractivity contribution >= 4 is 23.5 Å². The van der Waals surface area contributed by atoms with Crippen LogP contribution in [-0.2, 0) is 9.59 Å². The average molecular weight is 323 g/mol. The molecule has 0 aliphatic carbocycles. The first-order valence-corrected chi connectivity index (χ1v) is 7.66. The number of Topliss-reactive ketones (excluding diaryl/α,β-unsaturated/α-hetero) is 1. The maximum atomic E-state index is 12.5. The Bertz CT molecular complexity index is 789. The zero-order valence-electron chi connectivity index (χ0n) is 14.3. The Morgan fingerprint density at radius 1 is 1.04 bits per heavy atom. The molecule has 0 fully saturated rings. The van der Waals surface area contributed by atoms with Crippen molar-refractivity contribution in [1.29, 1.82) is 0 Å². The monoisotopic (exact) mass is 323 g/mol. The Morgan fingerprint density at radius 3 is 2.25 bits per heavy atom. The summed E-state index contributed by atoms with van der Waals surface area (Å²) in [5.41, 5.74) is 3.64. The maximum absolute atomic E-state index is 12.5. The lowest BCUT2D eigenvalue weighted by Gasteiger charge is -2.10. The van der Waals surface area contributed by atoms with Crippen molar-refractivity contribution in [2.45, 2.75) is 20.8 Å². The average Bonchev–Trinajstić information content (AvgIpc) is 2.55. The van der Waals surface area contributed by atoms with E-state index >= 15 is 0 Å². The number of ketones is 1. The molecule has 0 aromatic heterocycles. The van der Waals surface area contributed by atoms with Crippen LogP contribution >= 0.6 is 0 Å². The molecule has 4 heteroatoms. The lowest BCUT2D eigenvalue weighted by molar-refractivity contribution is -0.118. The Balaban J connectivity index is 2.27. The van der Waals surface area contributed by atoms with Crippen molar-refractivity contribution in [3.8, 4) is 5.75 Å². The highest BCUT2D eigenvalue weighted by atomic mass is 16.5. The zero-order chi connectivity index (χ0) is 17.7. The number of anilines is 1. The second-order valence-corrected chi connectivity index (χ2v) is 5.66. The smallest absolute Gasteiger partial charge is 0.259 e. The van der Waals surface area contributed by atoms with Crippen LogP contribution in [0.15, 0.2) is 48.0 Å². The zero-order valence-corrected chi connectivity index (χ0v) is 14.3. The van der Waals surface area contributed by atoms with Crippen LogP contribution in [0.4, 0.5) is 5.69 Å². The largest absolute Gasteiger partial charge is 0.497 e. The van der Waals surface area contributed by atoms with E-state index in [0.717, 1.165) is 22.4 Å². The summed E-state index contributed by atoms with van der Waals surface area (Å²) in [7, 11) is 1.59. The van der Waals surface area contributed by atoms with Crippen molar-refractivity contribution in [2.75, 3.05) is 12.4 Å². The molecule has 0 atom stereocenters. The van der Waals surface area contributed by atoms with Crippen molar-refractivity contribution in [2.24, 2.45) is 0 Å². The number of hydrogen-bond donors (Lipinski definition) is 1. The van der Waals surface area contributed by atoms with E-state index in [-0.39, 0.29) is 11.4 Å². The number of ether oxygens (including phenoxy) is 1. The van der Waals surface area contributed by atoms with E-state index in [9.17, 15) is 9.59 Å². The first-order chi connectivity index (χ1) is 11.4. The molecule has 0 aliphatic heterocycles. The Kier molecular flexibility index (Phi) is 5.53. The summed E-state index contributed by atoms with van der Waals surface area (Å²) in [6.07, 6.45) is 1.58. The highest BCUT2D eigenvalue weighted by Crippen LogP contribution is 2.19. The van der Waals surface area contributed by atoms with Gasteiger partial charge in [-0.3, -0.25) is 9.59 Å². The number of rotatable bonds is 5. The fourth-order valence-electron chi connectivity index (χ4n) is 2.34. The Hall–Kier alpha value is -2.88. The van der Waals surface area contributed by atoms with E-state index in [1.807, 2.05) is 32.0 Å². The SMILES string of the molecule is COc1ccc(/C=C(\C(C)=O)C(=O)Nc2ccc(C)cc2C)cc1. The molecule has 0 bridgehead atoms. The summed E-state index contributed by atoms with van der Waals surface area (Å²) in [6.45, 7) is 5.29. The van der Waals surface area contributed by atoms with E-state index in [4.69, 9.17) is 4.74 Å². The van der Waals surface area contributed by atoms with Crippen molar-refractivity contribution < 1.29 is 14.3 Å². The fourth-order valence-corrected chi connectivity index (χ4v) is 2.34. The topological polar surface area (TPSA) is 55.4 Å². The molecule has 124 valence electrons. The number of methoxy groups -OCH3 is 1. The number of amides is 1. The van der Waals surface area contributed by atoms with Crippen LogP contribution in [0.3, 0.4) is 0 Å². The highest BCUT2D eigenvalue weighted by molar-refractivity contribution is 6.25. The Labute approximate surface area is 142 Å². The normalized spacial score (nSPS) is 11.1. The van der Waals surface area contributed by atoms with Gasteiger partial charge in [0.2, 0.25) is 0 Å². The minimum atomic E-state index is -0.412. The molecule has 0 saturated carbocycles. The molecule has 1 N–H and O–H groups in total. The quantitative estimate of drug-likeness (QED) is 0.515. The second-order valence-electron chi connectivity index (χ2n) is 5.66. The molecule has 0 heterocycles. The minimum Gasteiger partial charge on any atom is -0.497 e. The van der Waals surface area contributed by atoms with Gasteiger partial charge < -0.3 is 10.1 Å². The van der Waals surface area contributed by atoms with Gasteiger partial charge >= 0.3 is 0 Å². The predicted molar refractivity (Wildman–Crippen MR) is 96.2 cm³/mol. The number of aryl methyl sites for hydroxylation is 2. The van der Waals surface area contributed by atoms with E-state index in [1.165, 1.54) is 6.92 Å². The van der Waals surface area contributed by atoms with E-state index in [1.54, 1.807) is 37.5 Å². The molecule has 0 aliphatic rings. The van der Waals surface area contributed by atoms with Crippen LogP contribution in [0.2, 0.25) is 0 Å². The number of hydrogen-bond acceptors (Lipinski definition) is 3. The third kappa shape index (κ3) is 4.32. The van der Waals surface area contributed by atoms with Crippen molar-refractivity contribution in [3.63, 3.8) is 0 Å². The van der Waals surface area contributed by atoms with Gasteiger partial charge in [-0.25, -0.2) is 0 Å². The Morgan fingerprint density at radius 2 is 1.71 bits per heavy atom. The van der Waals surface area contributed by atoms with Crippen LogP contribution in [0.1, 0.15) is 23.6 Å². The van der Waals surface area contributed by atoms with Crippen LogP contribution in [-0.4, -0.2) is 18.8 Å². The molecule has 2 aromatic rings. The van der Waals surface area contributed by atoms with Crippen molar-refractivity contribution in [3.05, 3.63) is 64.7 Å². The molecule has 2 rings (SSSR count). The summed E-state index contributed by atoms with van der Waals surface area (Å²) in [4.78, 5) is 24.4. The standard InChI is InChI=1S/C20H21NO3/c1-13-5-10-19(14(2)11-13)21-20(23)18(15(3)22)12-16-6-8-17(24-4)9-7-16/h5-12H,1-4H3,(H,21,23)/b18-12+. The summed E-state index contributed by atoms with van der Waals surface area (Å²) >= 11 is 0. The molecule has 0 radical (unpaired) electrons. The molecular weight excluding hydrogens is 302 g/mol. The van der Waals surface area contributed by atoms with Crippen LogP contribution < -0.4 is 10.1 Å². The molecule has 24 heavy (non-hydrogen) atoms. The van der Waals surface area contributed by atoms with Gasteiger partial charge in [-0.15, -0.1) is 0 Å². The summed E-state index contributed by atoms with van der Waals surface area (Å²) < 4.78 is 5.10. The molecule has 4 nitrogen and oxygen atoms in total. The van der Waals surface area contributed by atoms with Gasteiger partial charge in [-0.05, 0) is 56.2 Å². The maximum Gasteiger partial charge on any atom is 0.259 e. The molecule has 1 amide bonds. The van der Waals surface area contributed by atoms with Gasteiger partial charge in [0.15, 0.2) is 5.78 Å². The van der Waals surface area contributed by atoms with E-state index in [0.29, 0.717) is 5.69 Å². The van der Waals surface area contributed by atoms with Crippen molar-refractivity contribution in [1.82, 2.24) is 0 Å². The van der Waals surface area contributed by atoms with Gasteiger partial charge in [-0.2, -0.15) is 0 Å². The molecule has 0 spiro atoms. The number of carbonyl (C=O) groups is 2.